The highest BCUT2D eigenvalue weighted by molar-refractivity contribution is 5.91. The van der Waals surface area contributed by atoms with Crippen LogP contribution in [0.4, 0.5) is 5.82 Å². The van der Waals surface area contributed by atoms with Gasteiger partial charge in [-0.05, 0) is 55.2 Å². The molecule has 1 amide bonds. The molecule has 1 saturated carbocycles. The quantitative estimate of drug-likeness (QED) is 0.437. The summed E-state index contributed by atoms with van der Waals surface area (Å²) in [5, 5.41) is 7.71. The van der Waals surface area contributed by atoms with Crippen molar-refractivity contribution in [2.75, 3.05) is 5.32 Å². The summed E-state index contributed by atoms with van der Waals surface area (Å²) < 4.78 is 1.58. The van der Waals surface area contributed by atoms with Crippen LogP contribution in [0.1, 0.15) is 54.1 Å². The van der Waals surface area contributed by atoms with Crippen LogP contribution >= 0.6 is 0 Å². The smallest absolute Gasteiger partial charge is 0.255 e. The number of hydrogen-bond donors (Lipinski definition) is 2. The Morgan fingerprint density at radius 1 is 1.00 bits per heavy atom. The largest absolute Gasteiger partial charge is 0.310 e. The van der Waals surface area contributed by atoms with Gasteiger partial charge in [-0.3, -0.25) is 14.6 Å². The number of nitrogens with one attached hydrogen (secondary N) is 2. The Balaban J connectivity index is 1.24. The number of aromatic amines is 1. The van der Waals surface area contributed by atoms with Gasteiger partial charge in [0.1, 0.15) is 5.82 Å². The Labute approximate surface area is 203 Å². The lowest BCUT2D eigenvalue weighted by Crippen LogP contribution is -2.25. The summed E-state index contributed by atoms with van der Waals surface area (Å²) in [6.07, 6.45) is 6.02. The van der Waals surface area contributed by atoms with Gasteiger partial charge in [-0.1, -0.05) is 54.6 Å². The summed E-state index contributed by atoms with van der Waals surface area (Å²) in [6, 6.07) is 20.1. The van der Waals surface area contributed by atoms with E-state index in [-0.39, 0.29) is 17.9 Å². The van der Waals surface area contributed by atoms with Crippen molar-refractivity contribution in [1.29, 1.82) is 0 Å². The molecule has 0 bridgehead atoms. The number of aryl methyl sites for hydroxylation is 1. The molecular formula is C28H27N5O2. The van der Waals surface area contributed by atoms with E-state index in [1.54, 1.807) is 4.68 Å². The lowest BCUT2D eigenvalue weighted by Gasteiger charge is -2.15. The molecule has 1 fully saturated rings. The second kappa shape index (κ2) is 8.98. The molecule has 7 heteroatoms. The van der Waals surface area contributed by atoms with Gasteiger partial charge >= 0.3 is 0 Å². The molecule has 7 nitrogen and oxygen atoms in total. The van der Waals surface area contributed by atoms with Crippen LogP contribution in [0, 0.1) is 0 Å². The van der Waals surface area contributed by atoms with Crippen LogP contribution in [-0.4, -0.2) is 25.7 Å². The fourth-order valence-electron chi connectivity index (χ4n) is 4.74. The maximum Gasteiger partial charge on any atom is 0.255 e. The van der Waals surface area contributed by atoms with Crippen molar-refractivity contribution < 1.29 is 4.79 Å². The third-order valence-electron chi connectivity index (χ3n) is 6.80. The number of hydrogen-bond acceptors (Lipinski definition) is 4. The molecule has 2 aliphatic rings. The summed E-state index contributed by atoms with van der Waals surface area (Å²) in [6.45, 7) is 0. The molecule has 176 valence electrons. The van der Waals surface area contributed by atoms with Gasteiger partial charge < -0.3 is 5.32 Å². The highest BCUT2D eigenvalue weighted by atomic mass is 16.1. The Morgan fingerprint density at radius 2 is 1.74 bits per heavy atom. The average Bonchev–Trinajstić information content (AvgIpc) is 3.65. The van der Waals surface area contributed by atoms with E-state index in [2.05, 4.69) is 22.4 Å². The molecule has 0 aliphatic heterocycles. The van der Waals surface area contributed by atoms with Gasteiger partial charge in [0.15, 0.2) is 0 Å². The normalized spacial score (nSPS) is 15.0. The standard InChI is InChI=1S/C28H27N5O2/c34-26(16-18-10-12-20(13-11-18)19-6-2-1-3-7-19)30-25-17-24(21-14-15-21)32-33(25)28-29-23-9-5-4-8-22(23)27(35)31-28/h1-3,6-7,10-13,17,21H,4-5,8-9,14-16H2,(H,30,34)(H,29,31,35). The second-order valence-electron chi connectivity index (χ2n) is 9.45. The molecule has 0 saturated heterocycles. The van der Waals surface area contributed by atoms with E-state index >= 15 is 0 Å². The van der Waals surface area contributed by atoms with Crippen LogP contribution in [0.2, 0.25) is 0 Å². The number of nitrogens with zero attached hydrogens (tertiary/aromatic N) is 3. The zero-order valence-electron chi connectivity index (χ0n) is 19.5. The summed E-state index contributed by atoms with van der Waals surface area (Å²) in [7, 11) is 0. The monoisotopic (exact) mass is 465 g/mol. The van der Waals surface area contributed by atoms with Crippen molar-refractivity contribution >= 4 is 11.7 Å². The van der Waals surface area contributed by atoms with Gasteiger partial charge in [0.2, 0.25) is 11.9 Å². The van der Waals surface area contributed by atoms with Gasteiger partial charge in [0.05, 0.1) is 17.8 Å². The van der Waals surface area contributed by atoms with Crippen molar-refractivity contribution in [1.82, 2.24) is 19.7 Å². The SMILES string of the molecule is O=C(Cc1ccc(-c2ccccc2)cc1)Nc1cc(C2CC2)nn1-c1nc2c(c(=O)[nH]1)CCCC2. The minimum atomic E-state index is -0.138. The predicted octanol–water partition coefficient (Wildman–Crippen LogP) is 4.56. The number of fused-ring (bicyclic) bond motifs is 1. The molecule has 0 unspecified atom stereocenters. The topological polar surface area (TPSA) is 92.7 Å². The molecule has 0 radical (unpaired) electrons. The maximum absolute atomic E-state index is 13.0. The fraction of sp³-hybridized carbons (Fsp3) is 0.286. The summed E-state index contributed by atoms with van der Waals surface area (Å²) in [4.78, 5) is 33.3. The lowest BCUT2D eigenvalue weighted by molar-refractivity contribution is -0.115. The first-order valence-corrected chi connectivity index (χ1v) is 12.3. The Kier molecular flexibility index (Phi) is 5.52. The third kappa shape index (κ3) is 4.54. The molecule has 0 atom stereocenters. The van der Waals surface area contributed by atoms with Gasteiger partial charge in [0, 0.05) is 17.5 Å². The minimum Gasteiger partial charge on any atom is -0.310 e. The number of amides is 1. The fourth-order valence-corrected chi connectivity index (χ4v) is 4.74. The minimum absolute atomic E-state index is 0.107. The van der Waals surface area contributed by atoms with Crippen LogP contribution in [-0.2, 0) is 24.1 Å². The first-order valence-electron chi connectivity index (χ1n) is 12.3. The van der Waals surface area contributed by atoms with Crippen LogP contribution < -0.4 is 10.9 Å². The molecule has 2 N–H and O–H groups in total. The van der Waals surface area contributed by atoms with Gasteiger partial charge in [-0.2, -0.15) is 9.78 Å². The first kappa shape index (κ1) is 21.5. The molecular weight excluding hydrogens is 438 g/mol. The molecule has 2 aromatic carbocycles. The van der Waals surface area contributed by atoms with Crippen molar-refractivity contribution in [2.45, 2.75) is 50.9 Å². The van der Waals surface area contributed by atoms with Crippen LogP contribution in [0.15, 0.2) is 65.5 Å². The maximum atomic E-state index is 13.0. The second-order valence-corrected chi connectivity index (χ2v) is 9.45. The van der Waals surface area contributed by atoms with Gasteiger partial charge in [-0.15, -0.1) is 0 Å². The summed E-state index contributed by atoms with van der Waals surface area (Å²) in [5.41, 5.74) is 5.62. The number of benzene rings is 2. The number of carbonyl (C=O) groups excluding carboxylic acids is 1. The average molecular weight is 466 g/mol. The van der Waals surface area contributed by atoms with E-state index in [0.717, 1.165) is 72.2 Å². The van der Waals surface area contributed by atoms with Crippen LogP contribution in [0.5, 0.6) is 0 Å². The molecule has 0 spiro atoms. The zero-order chi connectivity index (χ0) is 23.8. The summed E-state index contributed by atoms with van der Waals surface area (Å²) >= 11 is 0. The van der Waals surface area contributed by atoms with E-state index in [1.165, 1.54) is 0 Å². The van der Waals surface area contributed by atoms with E-state index in [4.69, 9.17) is 10.1 Å². The highest BCUT2D eigenvalue weighted by Crippen LogP contribution is 2.40. The van der Waals surface area contributed by atoms with Crippen molar-refractivity contribution in [3.05, 3.63) is 93.5 Å². The number of aromatic nitrogens is 4. The van der Waals surface area contributed by atoms with Crippen LogP contribution in [0.3, 0.4) is 0 Å². The molecule has 35 heavy (non-hydrogen) atoms. The number of carbonyl (C=O) groups is 1. The van der Waals surface area contributed by atoms with Crippen LogP contribution in [0.25, 0.3) is 17.1 Å². The third-order valence-corrected chi connectivity index (χ3v) is 6.80. The molecule has 2 aromatic heterocycles. The predicted molar refractivity (Wildman–Crippen MR) is 135 cm³/mol. The molecule has 2 heterocycles. The Morgan fingerprint density at radius 3 is 2.51 bits per heavy atom. The highest BCUT2D eigenvalue weighted by Gasteiger charge is 2.29. The number of anilines is 1. The lowest BCUT2D eigenvalue weighted by atomic mass is 9.97. The number of rotatable bonds is 6. The van der Waals surface area contributed by atoms with Gasteiger partial charge in [0.25, 0.3) is 5.56 Å². The van der Waals surface area contributed by atoms with Crippen molar-refractivity contribution in [3.63, 3.8) is 0 Å². The van der Waals surface area contributed by atoms with Crippen molar-refractivity contribution in [2.24, 2.45) is 0 Å². The molecule has 6 rings (SSSR count). The molecule has 2 aliphatic carbocycles. The number of H-pyrrole nitrogens is 1. The Hall–Kier alpha value is -4.00. The van der Waals surface area contributed by atoms with E-state index < -0.39 is 0 Å². The summed E-state index contributed by atoms with van der Waals surface area (Å²) in [5.74, 6) is 1.17. The van der Waals surface area contributed by atoms with E-state index in [0.29, 0.717) is 17.7 Å². The van der Waals surface area contributed by atoms with E-state index in [1.807, 2.05) is 48.5 Å². The van der Waals surface area contributed by atoms with E-state index in [9.17, 15) is 9.59 Å². The first-order chi connectivity index (χ1) is 17.1. The molecule has 4 aromatic rings. The van der Waals surface area contributed by atoms with Crippen molar-refractivity contribution in [3.8, 4) is 17.1 Å². The van der Waals surface area contributed by atoms with Gasteiger partial charge in [-0.25, -0.2) is 4.98 Å². The zero-order valence-corrected chi connectivity index (χ0v) is 19.5. The Bertz CT molecular complexity index is 1430.